The van der Waals surface area contributed by atoms with Gasteiger partial charge in [-0.05, 0) is 37.5 Å². The molecule has 3 rings (SSSR count). The molecule has 1 aliphatic rings. The van der Waals surface area contributed by atoms with Gasteiger partial charge in [0.1, 0.15) is 17.4 Å². The molecule has 0 amide bonds. The normalized spacial score (nSPS) is 19.4. The van der Waals surface area contributed by atoms with Gasteiger partial charge in [-0.3, -0.25) is 0 Å². The average molecular weight is 367 g/mol. The third kappa shape index (κ3) is 4.32. The Morgan fingerprint density at radius 1 is 1.30 bits per heavy atom. The first-order valence-electron chi connectivity index (χ1n) is 9.18. The molecule has 0 saturated carbocycles. The van der Waals surface area contributed by atoms with Crippen molar-refractivity contribution in [2.75, 3.05) is 38.3 Å². The Kier molecular flexibility index (Phi) is 6.15. The fourth-order valence-corrected chi connectivity index (χ4v) is 3.68. The van der Waals surface area contributed by atoms with Gasteiger partial charge in [0.2, 0.25) is 5.88 Å². The number of hydrogen-bond acceptors (Lipinski definition) is 6. The van der Waals surface area contributed by atoms with Gasteiger partial charge in [-0.1, -0.05) is 18.2 Å². The van der Waals surface area contributed by atoms with E-state index in [1.165, 1.54) is 7.11 Å². The van der Waals surface area contributed by atoms with Crippen molar-refractivity contribution in [1.29, 1.82) is 5.26 Å². The molecule has 142 valence electrons. The van der Waals surface area contributed by atoms with Gasteiger partial charge in [-0.15, -0.1) is 0 Å². The number of ether oxygens (including phenoxy) is 2. The Hall–Kier alpha value is -2.78. The van der Waals surface area contributed by atoms with Crippen LogP contribution in [0.1, 0.15) is 24.8 Å². The molecular formula is C21H25N3O3. The minimum absolute atomic E-state index is 0.0890. The molecule has 1 N–H and O–H groups in total. The van der Waals surface area contributed by atoms with Crippen molar-refractivity contribution in [3.63, 3.8) is 0 Å². The van der Waals surface area contributed by atoms with Crippen LogP contribution in [0.25, 0.3) is 0 Å². The first kappa shape index (κ1) is 19.0. The highest BCUT2D eigenvalue weighted by Gasteiger charge is 2.36. The number of nitrogens with zero attached hydrogens (tertiary/aromatic N) is 3. The molecule has 6 heteroatoms. The van der Waals surface area contributed by atoms with Crippen LogP contribution in [0.5, 0.6) is 11.6 Å². The SMILES string of the molecule is COc1nccc(N2CCC[C@](CO)(CCOc3ccccc3)C2)c1C#N. The van der Waals surface area contributed by atoms with E-state index in [9.17, 15) is 10.4 Å². The average Bonchev–Trinajstić information content (AvgIpc) is 2.74. The fraction of sp³-hybridized carbons (Fsp3) is 0.429. The van der Waals surface area contributed by atoms with E-state index in [0.717, 1.165) is 37.2 Å². The number of benzene rings is 1. The number of para-hydroxylation sites is 1. The van der Waals surface area contributed by atoms with Gasteiger partial charge in [-0.2, -0.15) is 5.26 Å². The van der Waals surface area contributed by atoms with Gasteiger partial charge in [0.25, 0.3) is 0 Å². The Morgan fingerprint density at radius 3 is 2.81 bits per heavy atom. The zero-order chi connectivity index (χ0) is 19.1. The number of aromatic nitrogens is 1. The molecule has 6 nitrogen and oxygen atoms in total. The molecule has 0 aliphatic carbocycles. The smallest absolute Gasteiger partial charge is 0.233 e. The second-order valence-corrected chi connectivity index (χ2v) is 6.92. The Morgan fingerprint density at radius 2 is 2.11 bits per heavy atom. The second-order valence-electron chi connectivity index (χ2n) is 6.92. The molecule has 1 atom stereocenters. The lowest BCUT2D eigenvalue weighted by Gasteiger charge is -2.43. The standard InChI is InChI=1S/C21H25N3O3/c1-26-20-18(14-22)19(8-11-23-20)24-12-5-9-21(15-24,16-25)10-13-27-17-6-3-2-4-7-17/h2-4,6-8,11,25H,5,9-10,12-13,15-16H2,1H3/t21-/m0/s1. The number of nitriles is 1. The predicted octanol–water partition coefficient (Wildman–Crippen LogP) is 3.01. The highest BCUT2D eigenvalue weighted by atomic mass is 16.5. The van der Waals surface area contributed by atoms with E-state index in [2.05, 4.69) is 16.0 Å². The Labute approximate surface area is 160 Å². The van der Waals surface area contributed by atoms with Gasteiger partial charge in [0.05, 0.1) is 26.0 Å². The third-order valence-electron chi connectivity index (χ3n) is 5.18. The van der Waals surface area contributed by atoms with E-state index in [4.69, 9.17) is 9.47 Å². The van der Waals surface area contributed by atoms with Crippen LogP contribution >= 0.6 is 0 Å². The van der Waals surface area contributed by atoms with Crippen molar-refractivity contribution in [2.24, 2.45) is 5.41 Å². The first-order valence-corrected chi connectivity index (χ1v) is 9.18. The van der Waals surface area contributed by atoms with Crippen LogP contribution in [0.3, 0.4) is 0 Å². The van der Waals surface area contributed by atoms with Crippen LogP contribution in [-0.4, -0.2) is 43.5 Å². The van der Waals surface area contributed by atoms with E-state index in [1.54, 1.807) is 6.20 Å². The van der Waals surface area contributed by atoms with E-state index in [-0.39, 0.29) is 12.0 Å². The molecule has 1 aromatic heterocycles. The first-order chi connectivity index (χ1) is 13.2. The summed E-state index contributed by atoms with van der Waals surface area (Å²) in [6, 6.07) is 13.8. The molecule has 0 spiro atoms. The van der Waals surface area contributed by atoms with Crippen LogP contribution in [0.4, 0.5) is 5.69 Å². The summed E-state index contributed by atoms with van der Waals surface area (Å²) in [4.78, 5) is 6.28. The number of anilines is 1. The quantitative estimate of drug-likeness (QED) is 0.810. The second kappa shape index (κ2) is 8.74. The number of aliphatic hydroxyl groups excluding tert-OH is 1. The summed E-state index contributed by atoms with van der Waals surface area (Å²) < 4.78 is 11.1. The Balaban J connectivity index is 1.72. The van der Waals surface area contributed by atoms with Gasteiger partial charge in [-0.25, -0.2) is 4.98 Å². The van der Waals surface area contributed by atoms with E-state index < -0.39 is 0 Å². The number of rotatable bonds is 7. The van der Waals surface area contributed by atoms with Crippen molar-refractivity contribution >= 4 is 5.69 Å². The number of pyridine rings is 1. The monoisotopic (exact) mass is 367 g/mol. The largest absolute Gasteiger partial charge is 0.494 e. The van der Waals surface area contributed by atoms with Crippen LogP contribution in [-0.2, 0) is 0 Å². The van der Waals surface area contributed by atoms with Gasteiger partial charge in [0, 0.05) is 24.7 Å². The van der Waals surface area contributed by atoms with E-state index in [1.807, 2.05) is 36.4 Å². The summed E-state index contributed by atoms with van der Waals surface area (Å²) in [5.74, 6) is 1.17. The summed E-state index contributed by atoms with van der Waals surface area (Å²) in [6.45, 7) is 2.14. The minimum Gasteiger partial charge on any atom is -0.494 e. The van der Waals surface area contributed by atoms with Crippen LogP contribution in [0, 0.1) is 16.7 Å². The van der Waals surface area contributed by atoms with Crippen LogP contribution < -0.4 is 14.4 Å². The highest BCUT2D eigenvalue weighted by molar-refractivity contribution is 5.63. The maximum Gasteiger partial charge on any atom is 0.233 e. The molecule has 1 saturated heterocycles. The topological polar surface area (TPSA) is 78.6 Å². The molecule has 0 radical (unpaired) electrons. The van der Waals surface area contributed by atoms with Gasteiger partial charge in [0.15, 0.2) is 0 Å². The fourth-order valence-electron chi connectivity index (χ4n) is 3.68. The summed E-state index contributed by atoms with van der Waals surface area (Å²) in [5.41, 5.74) is 0.996. The van der Waals surface area contributed by atoms with Crippen molar-refractivity contribution in [1.82, 2.24) is 4.98 Å². The number of methoxy groups -OCH3 is 1. The highest BCUT2D eigenvalue weighted by Crippen LogP contribution is 2.37. The zero-order valence-corrected chi connectivity index (χ0v) is 15.6. The van der Waals surface area contributed by atoms with E-state index in [0.29, 0.717) is 24.6 Å². The summed E-state index contributed by atoms with van der Waals surface area (Å²) in [7, 11) is 1.52. The Bertz CT molecular complexity index is 791. The minimum atomic E-state index is -0.254. The summed E-state index contributed by atoms with van der Waals surface area (Å²) >= 11 is 0. The summed E-state index contributed by atoms with van der Waals surface area (Å²) in [6.07, 6.45) is 4.28. The third-order valence-corrected chi connectivity index (χ3v) is 5.18. The molecule has 27 heavy (non-hydrogen) atoms. The predicted molar refractivity (Wildman–Crippen MR) is 103 cm³/mol. The van der Waals surface area contributed by atoms with Crippen molar-refractivity contribution < 1.29 is 14.6 Å². The molecule has 0 unspecified atom stereocenters. The molecule has 2 aromatic rings. The van der Waals surface area contributed by atoms with Crippen molar-refractivity contribution in [3.8, 4) is 17.7 Å². The maximum absolute atomic E-state index is 10.1. The molecule has 0 bridgehead atoms. The van der Waals surface area contributed by atoms with Crippen molar-refractivity contribution in [2.45, 2.75) is 19.3 Å². The van der Waals surface area contributed by atoms with Gasteiger partial charge >= 0.3 is 0 Å². The number of aliphatic hydroxyl groups is 1. The van der Waals surface area contributed by atoms with Gasteiger partial charge < -0.3 is 19.5 Å². The van der Waals surface area contributed by atoms with E-state index >= 15 is 0 Å². The zero-order valence-electron chi connectivity index (χ0n) is 15.6. The molecule has 1 aromatic carbocycles. The summed E-state index contributed by atoms with van der Waals surface area (Å²) in [5, 5.41) is 19.7. The van der Waals surface area contributed by atoms with Crippen molar-refractivity contribution in [3.05, 3.63) is 48.2 Å². The lowest BCUT2D eigenvalue weighted by molar-refractivity contribution is 0.0794. The molecule has 1 fully saturated rings. The molecule has 1 aliphatic heterocycles. The lowest BCUT2D eigenvalue weighted by atomic mass is 9.77. The number of hydrogen-bond donors (Lipinski definition) is 1. The molecular weight excluding hydrogens is 342 g/mol. The molecule has 2 heterocycles. The van der Waals surface area contributed by atoms with Crippen LogP contribution in [0.15, 0.2) is 42.6 Å². The lowest BCUT2D eigenvalue weighted by Crippen LogP contribution is -2.46. The van der Waals surface area contributed by atoms with Crippen LogP contribution in [0.2, 0.25) is 0 Å². The number of piperidine rings is 1. The maximum atomic E-state index is 10.1.